The van der Waals surface area contributed by atoms with E-state index in [1.54, 1.807) is 0 Å². The first-order chi connectivity index (χ1) is 11.3. The summed E-state index contributed by atoms with van der Waals surface area (Å²) in [5.41, 5.74) is 8.18. The van der Waals surface area contributed by atoms with Gasteiger partial charge in [0.1, 0.15) is 12.2 Å². The molecule has 0 aliphatic heterocycles. The highest BCUT2D eigenvalue weighted by atomic mass is 19.3. The number of guanidine groups is 1. The fourth-order valence-electron chi connectivity index (χ4n) is 2.00. The Morgan fingerprint density at radius 3 is 2.67 bits per heavy atom. The first-order valence-corrected chi connectivity index (χ1v) is 7.35. The minimum atomic E-state index is -3.25. The van der Waals surface area contributed by atoms with E-state index >= 15 is 0 Å². The predicted octanol–water partition coefficient (Wildman–Crippen LogP) is 3.23. The number of methoxy groups -OCH3 is 1. The summed E-state index contributed by atoms with van der Waals surface area (Å²) < 4.78 is 33.2. The van der Waals surface area contributed by atoms with E-state index in [4.69, 9.17) is 10.5 Å². The highest BCUT2D eigenvalue weighted by Crippen LogP contribution is 2.28. The predicted molar refractivity (Wildman–Crippen MR) is 90.7 cm³/mol. The van der Waals surface area contributed by atoms with Crippen molar-refractivity contribution in [2.45, 2.75) is 19.8 Å². The van der Waals surface area contributed by atoms with Gasteiger partial charge in [0.25, 0.3) is 0 Å². The quantitative estimate of drug-likeness (QED) is 0.650. The number of hydrogen-bond acceptors (Lipinski definition) is 3. The second-order valence-corrected chi connectivity index (χ2v) is 5.40. The summed E-state index contributed by atoms with van der Waals surface area (Å²) in [6.07, 6.45) is 0. The minimum absolute atomic E-state index is 0.0826. The standard InChI is InChI=1S/C17H20F2N4O/c1-11-7-8-13(9-12(11)2)22-16(20)21-10-17(18,19)14-5-4-6-15(23-14)24-3/h4-9H,10H2,1-3H3,(H3,20,21,22). The number of halogens is 2. The Morgan fingerprint density at radius 2 is 2.00 bits per heavy atom. The molecular formula is C17H20F2N4O. The molecule has 24 heavy (non-hydrogen) atoms. The maximum atomic E-state index is 14.2. The molecule has 0 aliphatic carbocycles. The van der Waals surface area contributed by atoms with E-state index in [0.717, 1.165) is 11.1 Å². The topological polar surface area (TPSA) is 72.5 Å². The van der Waals surface area contributed by atoms with Crippen LogP contribution in [0.1, 0.15) is 16.8 Å². The number of nitrogens with two attached hydrogens (primary N) is 1. The van der Waals surface area contributed by atoms with Gasteiger partial charge in [-0.3, -0.25) is 0 Å². The third-order valence-electron chi connectivity index (χ3n) is 3.53. The van der Waals surface area contributed by atoms with Gasteiger partial charge in [0.2, 0.25) is 5.88 Å². The number of alkyl halides is 2. The van der Waals surface area contributed by atoms with Gasteiger partial charge in [0.15, 0.2) is 5.96 Å². The molecule has 0 saturated carbocycles. The van der Waals surface area contributed by atoms with E-state index in [0.29, 0.717) is 5.69 Å². The van der Waals surface area contributed by atoms with E-state index in [-0.39, 0.29) is 11.8 Å². The Balaban J connectivity index is 2.08. The van der Waals surface area contributed by atoms with Gasteiger partial charge in [-0.2, -0.15) is 8.78 Å². The van der Waals surface area contributed by atoms with E-state index in [1.165, 1.54) is 25.3 Å². The fourth-order valence-corrected chi connectivity index (χ4v) is 2.00. The van der Waals surface area contributed by atoms with Crippen LogP contribution in [0.4, 0.5) is 14.5 Å². The van der Waals surface area contributed by atoms with E-state index in [2.05, 4.69) is 15.3 Å². The van der Waals surface area contributed by atoms with Gasteiger partial charge in [0, 0.05) is 11.8 Å². The van der Waals surface area contributed by atoms with Crippen LogP contribution >= 0.6 is 0 Å². The van der Waals surface area contributed by atoms with Crippen LogP contribution < -0.4 is 15.8 Å². The Kier molecular flexibility index (Phi) is 5.33. The number of aliphatic imine (C=N–C) groups is 1. The summed E-state index contributed by atoms with van der Waals surface area (Å²) in [5.74, 6) is -3.21. The molecule has 7 heteroatoms. The zero-order chi connectivity index (χ0) is 17.7. The van der Waals surface area contributed by atoms with Crippen molar-refractivity contribution in [1.29, 1.82) is 0 Å². The van der Waals surface area contributed by atoms with E-state index < -0.39 is 18.2 Å². The van der Waals surface area contributed by atoms with Crippen molar-refractivity contribution in [3.63, 3.8) is 0 Å². The lowest BCUT2D eigenvalue weighted by molar-refractivity contribution is 0.00147. The minimum Gasteiger partial charge on any atom is -0.481 e. The van der Waals surface area contributed by atoms with Gasteiger partial charge in [-0.05, 0) is 43.2 Å². The largest absolute Gasteiger partial charge is 0.481 e. The average Bonchev–Trinajstić information content (AvgIpc) is 2.56. The average molecular weight is 334 g/mol. The van der Waals surface area contributed by atoms with Crippen molar-refractivity contribution in [1.82, 2.24) is 4.98 Å². The number of nitrogens with one attached hydrogen (secondary N) is 1. The molecule has 2 aromatic rings. The zero-order valence-electron chi connectivity index (χ0n) is 13.8. The first-order valence-electron chi connectivity index (χ1n) is 7.35. The van der Waals surface area contributed by atoms with Crippen LogP contribution in [-0.4, -0.2) is 24.6 Å². The summed E-state index contributed by atoms with van der Waals surface area (Å²) in [6.45, 7) is 3.13. The molecule has 5 nitrogen and oxygen atoms in total. The summed E-state index contributed by atoms with van der Waals surface area (Å²) >= 11 is 0. The van der Waals surface area contributed by atoms with Crippen molar-refractivity contribution in [3.8, 4) is 5.88 Å². The number of hydrogen-bond donors (Lipinski definition) is 2. The number of aryl methyl sites for hydroxylation is 2. The molecule has 0 bridgehead atoms. The number of ether oxygens (including phenoxy) is 1. The molecular weight excluding hydrogens is 314 g/mol. The Hall–Kier alpha value is -2.70. The molecule has 0 amide bonds. The van der Waals surface area contributed by atoms with Crippen LogP contribution in [-0.2, 0) is 5.92 Å². The normalized spacial score (nSPS) is 12.1. The van der Waals surface area contributed by atoms with E-state index in [1.807, 2.05) is 32.0 Å². The third kappa shape index (κ3) is 4.41. The lowest BCUT2D eigenvalue weighted by atomic mass is 10.1. The van der Waals surface area contributed by atoms with Crippen molar-refractivity contribution >= 4 is 11.6 Å². The molecule has 0 unspecified atom stereocenters. The van der Waals surface area contributed by atoms with Gasteiger partial charge < -0.3 is 15.8 Å². The molecule has 0 spiro atoms. The van der Waals surface area contributed by atoms with Crippen LogP contribution in [0.15, 0.2) is 41.4 Å². The SMILES string of the molecule is COc1cccc(C(F)(F)CN=C(N)Nc2ccc(C)c(C)c2)n1. The second-order valence-electron chi connectivity index (χ2n) is 5.40. The Labute approximate surface area is 139 Å². The van der Waals surface area contributed by atoms with E-state index in [9.17, 15) is 8.78 Å². The molecule has 1 heterocycles. The number of rotatable bonds is 5. The van der Waals surface area contributed by atoms with Crippen molar-refractivity contribution in [2.24, 2.45) is 10.7 Å². The number of pyridine rings is 1. The summed E-state index contributed by atoms with van der Waals surface area (Å²) in [7, 11) is 1.37. The molecule has 1 aromatic carbocycles. The van der Waals surface area contributed by atoms with Crippen LogP contribution in [0, 0.1) is 13.8 Å². The summed E-state index contributed by atoms with van der Waals surface area (Å²) in [4.78, 5) is 7.47. The Morgan fingerprint density at radius 1 is 1.25 bits per heavy atom. The molecule has 1 aromatic heterocycles. The lowest BCUT2D eigenvalue weighted by Crippen LogP contribution is -2.27. The van der Waals surface area contributed by atoms with Gasteiger partial charge in [0.05, 0.1) is 7.11 Å². The molecule has 128 valence electrons. The van der Waals surface area contributed by atoms with Gasteiger partial charge in [-0.1, -0.05) is 12.1 Å². The number of anilines is 1. The van der Waals surface area contributed by atoms with Gasteiger partial charge in [-0.15, -0.1) is 0 Å². The maximum Gasteiger partial charge on any atom is 0.309 e. The fraction of sp³-hybridized carbons (Fsp3) is 0.294. The molecule has 0 atom stereocenters. The molecule has 2 rings (SSSR count). The summed E-state index contributed by atoms with van der Waals surface area (Å²) in [6, 6.07) is 9.78. The van der Waals surface area contributed by atoms with Gasteiger partial charge in [-0.25, -0.2) is 9.98 Å². The van der Waals surface area contributed by atoms with Crippen LogP contribution in [0.5, 0.6) is 5.88 Å². The number of benzene rings is 1. The van der Waals surface area contributed by atoms with Crippen molar-refractivity contribution < 1.29 is 13.5 Å². The lowest BCUT2D eigenvalue weighted by Gasteiger charge is -2.15. The van der Waals surface area contributed by atoms with Crippen molar-refractivity contribution in [2.75, 3.05) is 19.0 Å². The highest BCUT2D eigenvalue weighted by molar-refractivity contribution is 5.92. The number of aromatic nitrogens is 1. The maximum absolute atomic E-state index is 14.2. The number of nitrogens with zero attached hydrogens (tertiary/aromatic N) is 2. The molecule has 0 aliphatic rings. The summed E-state index contributed by atoms with van der Waals surface area (Å²) in [5, 5.41) is 2.81. The second kappa shape index (κ2) is 7.25. The molecule has 0 radical (unpaired) electrons. The van der Waals surface area contributed by atoms with Crippen molar-refractivity contribution in [3.05, 3.63) is 53.2 Å². The van der Waals surface area contributed by atoms with Crippen LogP contribution in [0.25, 0.3) is 0 Å². The Bertz CT molecular complexity index is 747. The smallest absolute Gasteiger partial charge is 0.309 e. The van der Waals surface area contributed by atoms with Crippen LogP contribution in [0.3, 0.4) is 0 Å². The highest BCUT2D eigenvalue weighted by Gasteiger charge is 2.33. The molecule has 0 saturated heterocycles. The van der Waals surface area contributed by atoms with Gasteiger partial charge >= 0.3 is 5.92 Å². The monoisotopic (exact) mass is 334 g/mol. The third-order valence-corrected chi connectivity index (χ3v) is 3.53. The molecule has 3 N–H and O–H groups in total. The zero-order valence-corrected chi connectivity index (χ0v) is 13.8. The first kappa shape index (κ1) is 17.7. The van der Waals surface area contributed by atoms with Crippen LogP contribution in [0.2, 0.25) is 0 Å². The molecule has 0 fully saturated rings.